The topological polar surface area (TPSA) is 39.1 Å². The molecule has 0 saturated carbocycles. The van der Waals surface area contributed by atoms with Crippen LogP contribution in [0, 0.1) is 0 Å². The molecule has 0 spiro atoms. The van der Waals surface area contributed by atoms with Crippen LogP contribution in [0.2, 0.25) is 0 Å². The Labute approximate surface area is 103 Å². The van der Waals surface area contributed by atoms with E-state index in [2.05, 4.69) is 14.9 Å². The quantitative estimate of drug-likeness (QED) is 0.728. The monoisotopic (exact) mass is 237 g/mol. The molecule has 96 valence electrons. The van der Waals surface area contributed by atoms with Crippen LogP contribution in [0.25, 0.3) is 0 Å². The second kappa shape index (κ2) is 6.77. The maximum Gasteiger partial charge on any atom is 0.0951 e. The number of methoxy groups -OCH3 is 1. The average Bonchev–Trinajstić information content (AvgIpc) is 2.77. The van der Waals surface area contributed by atoms with Gasteiger partial charge in [0.05, 0.1) is 18.6 Å². The summed E-state index contributed by atoms with van der Waals surface area (Å²) in [5, 5.41) is 3.37. The van der Waals surface area contributed by atoms with Crippen LogP contribution in [-0.2, 0) is 24.1 Å². The van der Waals surface area contributed by atoms with Crippen molar-refractivity contribution in [2.75, 3.05) is 26.8 Å². The van der Waals surface area contributed by atoms with Crippen LogP contribution in [0.1, 0.15) is 30.7 Å². The lowest BCUT2D eigenvalue weighted by molar-refractivity contribution is 0.199. The van der Waals surface area contributed by atoms with Crippen LogP contribution >= 0.6 is 0 Å². The molecule has 0 aliphatic heterocycles. The number of hydrogen-bond donors (Lipinski definition) is 1. The molecule has 4 nitrogen and oxygen atoms in total. The molecule has 0 bridgehead atoms. The summed E-state index contributed by atoms with van der Waals surface area (Å²) in [6.07, 6.45) is 8.20. The standard InChI is InChI=1S/C13H23N3O/c1-17-10-8-14-7-4-9-16-11-15-12-5-2-3-6-13(12)16/h11,14H,2-10H2,1H3. The summed E-state index contributed by atoms with van der Waals surface area (Å²) in [5.41, 5.74) is 2.82. The summed E-state index contributed by atoms with van der Waals surface area (Å²) in [4.78, 5) is 4.51. The summed E-state index contributed by atoms with van der Waals surface area (Å²) in [6, 6.07) is 0. The molecule has 1 aliphatic carbocycles. The Bertz CT molecular complexity index is 335. The third-order valence-electron chi connectivity index (χ3n) is 3.35. The van der Waals surface area contributed by atoms with E-state index in [9.17, 15) is 0 Å². The molecule has 4 heteroatoms. The third kappa shape index (κ3) is 3.54. The van der Waals surface area contributed by atoms with Gasteiger partial charge in [-0.25, -0.2) is 4.98 Å². The minimum Gasteiger partial charge on any atom is -0.383 e. The number of aromatic nitrogens is 2. The Morgan fingerprint density at radius 3 is 3.12 bits per heavy atom. The van der Waals surface area contributed by atoms with Crippen molar-refractivity contribution in [3.05, 3.63) is 17.7 Å². The zero-order chi connectivity index (χ0) is 11.9. The lowest BCUT2D eigenvalue weighted by atomic mass is 10.0. The zero-order valence-electron chi connectivity index (χ0n) is 10.7. The van der Waals surface area contributed by atoms with Gasteiger partial charge in [0.15, 0.2) is 0 Å². The summed E-state index contributed by atoms with van der Waals surface area (Å²) in [5.74, 6) is 0. The van der Waals surface area contributed by atoms with Gasteiger partial charge in [0.25, 0.3) is 0 Å². The summed E-state index contributed by atoms with van der Waals surface area (Å²) < 4.78 is 7.33. The normalized spacial score (nSPS) is 14.9. The number of fused-ring (bicyclic) bond motifs is 1. The highest BCUT2D eigenvalue weighted by molar-refractivity contribution is 5.16. The molecule has 17 heavy (non-hydrogen) atoms. The van der Waals surface area contributed by atoms with E-state index >= 15 is 0 Å². The number of nitrogens with one attached hydrogen (secondary N) is 1. The number of hydrogen-bond acceptors (Lipinski definition) is 3. The van der Waals surface area contributed by atoms with E-state index in [0.717, 1.165) is 32.7 Å². The molecule has 1 aromatic heterocycles. The van der Waals surface area contributed by atoms with Gasteiger partial charge in [-0.15, -0.1) is 0 Å². The molecule has 0 saturated heterocycles. The van der Waals surface area contributed by atoms with Gasteiger partial charge in [-0.1, -0.05) is 0 Å². The SMILES string of the molecule is COCCNCCCn1cnc2c1CCCC2. The fraction of sp³-hybridized carbons (Fsp3) is 0.769. The molecular weight excluding hydrogens is 214 g/mol. The fourth-order valence-corrected chi connectivity index (χ4v) is 2.40. The van der Waals surface area contributed by atoms with E-state index in [4.69, 9.17) is 4.74 Å². The Morgan fingerprint density at radius 1 is 1.35 bits per heavy atom. The molecule has 1 aliphatic rings. The molecule has 0 unspecified atom stereocenters. The summed E-state index contributed by atoms with van der Waals surface area (Å²) >= 11 is 0. The van der Waals surface area contributed by atoms with Crippen LogP contribution in [0.5, 0.6) is 0 Å². The summed E-state index contributed by atoms with van der Waals surface area (Å²) in [7, 11) is 1.74. The Balaban J connectivity index is 1.70. The van der Waals surface area contributed by atoms with Gasteiger partial charge in [0.1, 0.15) is 0 Å². The number of imidazole rings is 1. The van der Waals surface area contributed by atoms with Crippen molar-refractivity contribution < 1.29 is 4.74 Å². The fourth-order valence-electron chi connectivity index (χ4n) is 2.40. The second-order valence-corrected chi connectivity index (χ2v) is 4.63. The van der Waals surface area contributed by atoms with E-state index in [-0.39, 0.29) is 0 Å². The highest BCUT2D eigenvalue weighted by Gasteiger charge is 2.14. The minimum absolute atomic E-state index is 0.792. The van der Waals surface area contributed by atoms with Gasteiger partial charge in [-0.2, -0.15) is 0 Å². The predicted octanol–water partition coefficient (Wildman–Crippen LogP) is 1.39. The van der Waals surface area contributed by atoms with Crippen molar-refractivity contribution >= 4 is 0 Å². The van der Waals surface area contributed by atoms with Crippen molar-refractivity contribution in [1.29, 1.82) is 0 Å². The van der Waals surface area contributed by atoms with Gasteiger partial charge >= 0.3 is 0 Å². The van der Waals surface area contributed by atoms with Crippen LogP contribution in [-0.4, -0.2) is 36.4 Å². The van der Waals surface area contributed by atoms with Crippen LogP contribution in [0.4, 0.5) is 0 Å². The first-order chi connectivity index (χ1) is 8.42. The van der Waals surface area contributed by atoms with Crippen LogP contribution in [0.15, 0.2) is 6.33 Å². The number of nitrogens with zero attached hydrogens (tertiary/aromatic N) is 2. The zero-order valence-corrected chi connectivity index (χ0v) is 10.7. The molecule has 1 heterocycles. The Hall–Kier alpha value is -0.870. The summed E-state index contributed by atoms with van der Waals surface area (Å²) in [6.45, 7) is 3.87. The molecule has 2 rings (SSSR count). The Kier molecular flexibility index (Phi) is 5.01. The lowest BCUT2D eigenvalue weighted by Gasteiger charge is -2.14. The lowest BCUT2D eigenvalue weighted by Crippen LogP contribution is -2.21. The number of rotatable bonds is 7. The van der Waals surface area contributed by atoms with E-state index in [1.165, 1.54) is 37.1 Å². The minimum atomic E-state index is 0.792. The van der Waals surface area contributed by atoms with Crippen LogP contribution < -0.4 is 5.32 Å². The molecule has 1 aromatic rings. The first-order valence-corrected chi connectivity index (χ1v) is 6.64. The Morgan fingerprint density at radius 2 is 2.24 bits per heavy atom. The van der Waals surface area contributed by atoms with Crippen molar-refractivity contribution in [1.82, 2.24) is 14.9 Å². The molecule has 0 fully saturated rings. The number of aryl methyl sites for hydroxylation is 2. The first kappa shape index (κ1) is 12.6. The maximum atomic E-state index is 4.99. The number of ether oxygens (including phenoxy) is 1. The van der Waals surface area contributed by atoms with Crippen molar-refractivity contribution in [2.24, 2.45) is 0 Å². The van der Waals surface area contributed by atoms with Crippen molar-refractivity contribution in [3.63, 3.8) is 0 Å². The largest absolute Gasteiger partial charge is 0.383 e. The molecule has 0 atom stereocenters. The van der Waals surface area contributed by atoms with E-state index in [1.54, 1.807) is 7.11 Å². The highest BCUT2D eigenvalue weighted by Crippen LogP contribution is 2.19. The van der Waals surface area contributed by atoms with E-state index in [0.29, 0.717) is 0 Å². The van der Waals surface area contributed by atoms with Gasteiger partial charge in [0.2, 0.25) is 0 Å². The predicted molar refractivity (Wildman–Crippen MR) is 68.2 cm³/mol. The smallest absolute Gasteiger partial charge is 0.0951 e. The van der Waals surface area contributed by atoms with Gasteiger partial charge in [0, 0.05) is 25.9 Å². The van der Waals surface area contributed by atoms with E-state index < -0.39 is 0 Å². The molecule has 0 amide bonds. The molecular formula is C13H23N3O. The van der Waals surface area contributed by atoms with Gasteiger partial charge < -0.3 is 14.6 Å². The third-order valence-corrected chi connectivity index (χ3v) is 3.35. The van der Waals surface area contributed by atoms with Crippen molar-refractivity contribution in [2.45, 2.75) is 38.6 Å². The maximum absolute atomic E-state index is 4.99. The van der Waals surface area contributed by atoms with Gasteiger partial charge in [-0.3, -0.25) is 0 Å². The molecule has 0 radical (unpaired) electrons. The van der Waals surface area contributed by atoms with Crippen LogP contribution in [0.3, 0.4) is 0 Å². The highest BCUT2D eigenvalue weighted by atomic mass is 16.5. The average molecular weight is 237 g/mol. The molecule has 1 N–H and O–H groups in total. The first-order valence-electron chi connectivity index (χ1n) is 6.64. The molecule has 0 aromatic carbocycles. The van der Waals surface area contributed by atoms with E-state index in [1.807, 2.05) is 6.33 Å². The van der Waals surface area contributed by atoms with Gasteiger partial charge in [-0.05, 0) is 38.6 Å². The second-order valence-electron chi connectivity index (χ2n) is 4.63. The van der Waals surface area contributed by atoms with Crippen molar-refractivity contribution in [3.8, 4) is 0 Å².